The van der Waals surface area contributed by atoms with E-state index >= 15 is 0 Å². The summed E-state index contributed by atoms with van der Waals surface area (Å²) in [5.74, 6) is 0. The summed E-state index contributed by atoms with van der Waals surface area (Å²) in [6, 6.07) is 15.6. The van der Waals surface area contributed by atoms with Crippen LogP contribution in [0.2, 0.25) is 0 Å². The quantitative estimate of drug-likeness (QED) is 0.644. The number of anilines is 2. The first-order valence-electron chi connectivity index (χ1n) is 6.56. The Bertz CT molecular complexity index is 794. The fourth-order valence-corrected chi connectivity index (χ4v) is 2.44. The third-order valence-electron chi connectivity index (χ3n) is 3.43. The van der Waals surface area contributed by atoms with Crippen molar-refractivity contribution in [2.45, 2.75) is 6.54 Å². The molecule has 0 saturated heterocycles. The van der Waals surface area contributed by atoms with Crippen LogP contribution in [0.25, 0.3) is 10.9 Å². The molecule has 0 radical (unpaired) electrons. The molecular formula is C16H15N3O2. The molecule has 0 saturated carbocycles. The molecule has 0 atom stereocenters. The van der Waals surface area contributed by atoms with Crippen molar-refractivity contribution in [3.8, 4) is 0 Å². The Morgan fingerprint density at radius 3 is 2.62 bits per heavy atom. The third kappa shape index (κ3) is 2.53. The lowest BCUT2D eigenvalue weighted by molar-refractivity contribution is 0.210. The van der Waals surface area contributed by atoms with Gasteiger partial charge in [-0.15, -0.1) is 0 Å². The van der Waals surface area contributed by atoms with Gasteiger partial charge in [0.05, 0.1) is 16.9 Å². The molecule has 0 bridgehead atoms. The number of carbonyl (C=O) groups is 1. The zero-order valence-electron chi connectivity index (χ0n) is 11.3. The SMILES string of the molecule is Nc1c(NC(=O)O)ccc2c1ccn2Cc1ccccc1. The van der Waals surface area contributed by atoms with E-state index in [4.69, 9.17) is 10.8 Å². The maximum atomic E-state index is 10.7. The molecule has 2 aromatic carbocycles. The highest BCUT2D eigenvalue weighted by atomic mass is 16.4. The lowest BCUT2D eigenvalue weighted by Crippen LogP contribution is -2.09. The standard InChI is InChI=1S/C16H15N3O2/c17-15-12-8-9-19(10-11-4-2-1-3-5-11)14(12)7-6-13(15)18-16(20)21/h1-9,18H,10,17H2,(H,20,21). The molecule has 1 heterocycles. The molecule has 1 amide bonds. The molecular weight excluding hydrogens is 266 g/mol. The lowest BCUT2D eigenvalue weighted by atomic mass is 10.2. The molecule has 106 valence electrons. The average Bonchev–Trinajstić information content (AvgIpc) is 2.87. The third-order valence-corrected chi connectivity index (χ3v) is 3.43. The molecule has 21 heavy (non-hydrogen) atoms. The summed E-state index contributed by atoms with van der Waals surface area (Å²) in [7, 11) is 0. The molecule has 5 nitrogen and oxygen atoms in total. The zero-order valence-corrected chi connectivity index (χ0v) is 11.3. The van der Waals surface area contributed by atoms with Gasteiger partial charge in [0, 0.05) is 18.1 Å². The normalized spacial score (nSPS) is 10.7. The Morgan fingerprint density at radius 2 is 1.90 bits per heavy atom. The van der Waals surface area contributed by atoms with Gasteiger partial charge in [-0.1, -0.05) is 30.3 Å². The summed E-state index contributed by atoms with van der Waals surface area (Å²) in [5.41, 5.74) is 9.07. The Balaban J connectivity index is 1.99. The molecule has 0 fully saturated rings. The van der Waals surface area contributed by atoms with Gasteiger partial charge in [0.2, 0.25) is 0 Å². The van der Waals surface area contributed by atoms with Crippen molar-refractivity contribution in [2.75, 3.05) is 11.1 Å². The van der Waals surface area contributed by atoms with E-state index in [0.717, 1.165) is 17.4 Å². The van der Waals surface area contributed by atoms with Gasteiger partial charge in [0.15, 0.2) is 0 Å². The summed E-state index contributed by atoms with van der Waals surface area (Å²) >= 11 is 0. The smallest absolute Gasteiger partial charge is 0.409 e. The van der Waals surface area contributed by atoms with Gasteiger partial charge >= 0.3 is 6.09 Å². The van der Waals surface area contributed by atoms with Gasteiger partial charge in [0.25, 0.3) is 0 Å². The predicted octanol–water partition coefficient (Wildman–Crippen LogP) is 3.36. The minimum Gasteiger partial charge on any atom is -0.465 e. The first-order valence-corrected chi connectivity index (χ1v) is 6.56. The second-order valence-electron chi connectivity index (χ2n) is 4.82. The maximum Gasteiger partial charge on any atom is 0.409 e. The minimum atomic E-state index is -1.12. The molecule has 0 aliphatic rings. The Labute approximate surface area is 121 Å². The van der Waals surface area contributed by atoms with Gasteiger partial charge < -0.3 is 15.4 Å². The van der Waals surface area contributed by atoms with E-state index in [2.05, 4.69) is 22.0 Å². The summed E-state index contributed by atoms with van der Waals surface area (Å²) in [5, 5.41) is 11.9. The Morgan fingerprint density at radius 1 is 1.14 bits per heavy atom. The average molecular weight is 281 g/mol. The van der Waals surface area contributed by atoms with Gasteiger partial charge in [-0.3, -0.25) is 5.32 Å². The number of nitrogens with zero attached hydrogens (tertiary/aromatic N) is 1. The molecule has 3 rings (SSSR count). The van der Waals surface area contributed by atoms with Crippen LogP contribution in [0.4, 0.5) is 16.2 Å². The fraction of sp³-hybridized carbons (Fsp3) is 0.0625. The number of aromatic nitrogens is 1. The van der Waals surface area contributed by atoms with Crippen LogP contribution < -0.4 is 11.1 Å². The summed E-state index contributed by atoms with van der Waals surface area (Å²) < 4.78 is 2.09. The number of amides is 1. The monoisotopic (exact) mass is 281 g/mol. The number of benzene rings is 2. The van der Waals surface area contributed by atoms with Crippen molar-refractivity contribution in [3.05, 3.63) is 60.3 Å². The summed E-state index contributed by atoms with van der Waals surface area (Å²) in [6.45, 7) is 0.746. The largest absolute Gasteiger partial charge is 0.465 e. The summed E-state index contributed by atoms with van der Waals surface area (Å²) in [4.78, 5) is 10.7. The second-order valence-corrected chi connectivity index (χ2v) is 4.82. The number of hydrogen-bond donors (Lipinski definition) is 3. The highest BCUT2D eigenvalue weighted by Gasteiger charge is 2.10. The van der Waals surface area contributed by atoms with Crippen LogP contribution >= 0.6 is 0 Å². The summed E-state index contributed by atoms with van der Waals surface area (Å²) in [6.07, 6.45) is 0.836. The molecule has 0 aliphatic carbocycles. The number of carboxylic acid groups (broad SMARTS) is 1. The fourth-order valence-electron chi connectivity index (χ4n) is 2.44. The van der Waals surface area contributed by atoms with Gasteiger partial charge in [-0.05, 0) is 23.8 Å². The van der Waals surface area contributed by atoms with E-state index < -0.39 is 6.09 Å². The van der Waals surface area contributed by atoms with E-state index in [1.54, 1.807) is 6.07 Å². The Kier molecular flexibility index (Phi) is 3.23. The molecule has 4 N–H and O–H groups in total. The molecule has 3 aromatic rings. The predicted molar refractivity (Wildman–Crippen MR) is 83.5 cm³/mol. The van der Waals surface area contributed by atoms with E-state index in [-0.39, 0.29) is 0 Å². The van der Waals surface area contributed by atoms with Crippen molar-refractivity contribution in [1.82, 2.24) is 4.57 Å². The van der Waals surface area contributed by atoms with Crippen LogP contribution in [-0.4, -0.2) is 15.8 Å². The van der Waals surface area contributed by atoms with Gasteiger partial charge in [-0.25, -0.2) is 4.79 Å². The zero-order chi connectivity index (χ0) is 14.8. The molecule has 1 aromatic heterocycles. The molecule has 5 heteroatoms. The second kappa shape index (κ2) is 5.20. The van der Waals surface area contributed by atoms with E-state index in [9.17, 15) is 4.79 Å². The highest BCUT2D eigenvalue weighted by molar-refractivity contribution is 6.01. The van der Waals surface area contributed by atoms with Crippen LogP contribution in [0.1, 0.15) is 5.56 Å². The first-order chi connectivity index (χ1) is 10.1. The van der Waals surface area contributed by atoms with Crippen LogP contribution in [-0.2, 0) is 6.54 Å². The van der Waals surface area contributed by atoms with Gasteiger partial charge in [0.1, 0.15) is 0 Å². The molecule has 0 aliphatic heterocycles. The van der Waals surface area contributed by atoms with Crippen molar-refractivity contribution in [3.63, 3.8) is 0 Å². The van der Waals surface area contributed by atoms with E-state index in [1.807, 2.05) is 36.5 Å². The number of nitrogens with two attached hydrogens (primary N) is 1. The Hall–Kier alpha value is -2.95. The molecule has 0 spiro atoms. The highest BCUT2D eigenvalue weighted by Crippen LogP contribution is 2.30. The number of hydrogen-bond acceptors (Lipinski definition) is 2. The first kappa shape index (κ1) is 13.1. The van der Waals surface area contributed by atoms with Crippen molar-refractivity contribution in [1.29, 1.82) is 0 Å². The number of nitrogens with one attached hydrogen (secondary N) is 1. The maximum absolute atomic E-state index is 10.7. The van der Waals surface area contributed by atoms with Crippen LogP contribution in [0.15, 0.2) is 54.7 Å². The van der Waals surface area contributed by atoms with Crippen molar-refractivity contribution >= 4 is 28.4 Å². The van der Waals surface area contributed by atoms with E-state index in [0.29, 0.717) is 11.4 Å². The van der Waals surface area contributed by atoms with Crippen molar-refractivity contribution < 1.29 is 9.90 Å². The van der Waals surface area contributed by atoms with Crippen molar-refractivity contribution in [2.24, 2.45) is 0 Å². The van der Waals surface area contributed by atoms with Crippen LogP contribution in [0, 0.1) is 0 Å². The number of nitrogen functional groups attached to an aromatic ring is 1. The van der Waals surface area contributed by atoms with E-state index in [1.165, 1.54) is 5.56 Å². The minimum absolute atomic E-state index is 0.410. The lowest BCUT2D eigenvalue weighted by Gasteiger charge is -2.09. The van der Waals surface area contributed by atoms with Gasteiger partial charge in [-0.2, -0.15) is 0 Å². The van der Waals surface area contributed by atoms with Crippen LogP contribution in [0.3, 0.4) is 0 Å². The molecule has 0 unspecified atom stereocenters. The topological polar surface area (TPSA) is 80.3 Å². The number of fused-ring (bicyclic) bond motifs is 1. The van der Waals surface area contributed by atoms with Crippen LogP contribution in [0.5, 0.6) is 0 Å². The number of rotatable bonds is 3.